The highest BCUT2D eigenvalue weighted by molar-refractivity contribution is 4.89. The van der Waals surface area contributed by atoms with Gasteiger partial charge in [-0.2, -0.15) is 0 Å². The minimum atomic E-state index is 0.541. The van der Waals surface area contributed by atoms with Gasteiger partial charge in [0.25, 0.3) is 0 Å². The van der Waals surface area contributed by atoms with Crippen molar-refractivity contribution >= 4 is 0 Å². The Morgan fingerprint density at radius 3 is 2.63 bits per heavy atom. The van der Waals surface area contributed by atoms with Crippen LogP contribution in [0.5, 0.6) is 0 Å². The van der Waals surface area contributed by atoms with E-state index in [1.165, 1.54) is 51.7 Å². The Labute approximate surface area is 119 Å². The quantitative estimate of drug-likeness (QED) is 0.801. The summed E-state index contributed by atoms with van der Waals surface area (Å²) in [5, 5.41) is 3.71. The molecule has 2 rings (SSSR count). The minimum Gasteiger partial charge on any atom is -0.380 e. The van der Waals surface area contributed by atoms with Gasteiger partial charge >= 0.3 is 0 Å². The molecule has 0 amide bonds. The molecule has 112 valence electrons. The highest BCUT2D eigenvalue weighted by Crippen LogP contribution is 2.38. The Bertz CT molecular complexity index is 241. The Kier molecular flexibility index (Phi) is 6.11. The number of nitrogens with one attached hydrogen (secondary N) is 1. The maximum Gasteiger partial charge on any atom is 0.0593 e. The fraction of sp³-hybridized carbons (Fsp3) is 1.00. The molecule has 0 spiro atoms. The zero-order chi connectivity index (χ0) is 13.6. The molecule has 1 saturated heterocycles. The Hall–Kier alpha value is -0.120. The summed E-state index contributed by atoms with van der Waals surface area (Å²) in [6, 6.07) is 0. The Morgan fingerprint density at radius 1 is 1.11 bits per heavy atom. The molecular formula is C16H32N2O. The van der Waals surface area contributed by atoms with Crippen molar-refractivity contribution in [2.45, 2.75) is 46.0 Å². The van der Waals surface area contributed by atoms with Crippen molar-refractivity contribution in [3.63, 3.8) is 0 Å². The molecule has 0 radical (unpaired) electrons. The average Bonchev–Trinajstić information content (AvgIpc) is 2.66. The van der Waals surface area contributed by atoms with Crippen molar-refractivity contribution < 1.29 is 4.74 Å². The second kappa shape index (κ2) is 7.61. The first-order chi connectivity index (χ1) is 9.20. The van der Waals surface area contributed by atoms with Crippen LogP contribution in [0, 0.1) is 11.3 Å². The molecule has 1 N–H and O–H groups in total. The van der Waals surface area contributed by atoms with Gasteiger partial charge in [-0.15, -0.1) is 0 Å². The van der Waals surface area contributed by atoms with Crippen LogP contribution in [0.1, 0.15) is 46.0 Å². The second-order valence-electron chi connectivity index (χ2n) is 6.97. The van der Waals surface area contributed by atoms with Crippen LogP contribution in [0.3, 0.4) is 0 Å². The predicted octanol–water partition coefficient (Wildman–Crippen LogP) is 2.51. The highest BCUT2D eigenvalue weighted by atomic mass is 16.5. The molecule has 0 unspecified atom stereocenters. The third-order valence-corrected chi connectivity index (χ3v) is 4.59. The monoisotopic (exact) mass is 268 g/mol. The summed E-state index contributed by atoms with van der Waals surface area (Å²) in [5.74, 6) is 0.755. The third-order valence-electron chi connectivity index (χ3n) is 4.59. The van der Waals surface area contributed by atoms with E-state index in [9.17, 15) is 0 Å². The summed E-state index contributed by atoms with van der Waals surface area (Å²) >= 11 is 0. The molecule has 19 heavy (non-hydrogen) atoms. The average molecular weight is 268 g/mol. The van der Waals surface area contributed by atoms with Gasteiger partial charge < -0.3 is 15.0 Å². The molecule has 1 heterocycles. The molecule has 1 aliphatic carbocycles. The molecule has 0 bridgehead atoms. The molecule has 1 aliphatic heterocycles. The number of hydrogen-bond donors (Lipinski definition) is 1. The van der Waals surface area contributed by atoms with Crippen molar-refractivity contribution in [2.24, 2.45) is 11.3 Å². The Balaban J connectivity index is 1.83. The second-order valence-corrected chi connectivity index (χ2v) is 6.97. The largest absolute Gasteiger partial charge is 0.380 e. The normalized spacial score (nSPS) is 24.8. The van der Waals surface area contributed by atoms with Crippen molar-refractivity contribution in [2.75, 3.05) is 45.9 Å². The first-order valence-electron chi connectivity index (χ1n) is 8.21. The maximum atomic E-state index is 5.58. The van der Waals surface area contributed by atoms with E-state index in [-0.39, 0.29) is 0 Å². The summed E-state index contributed by atoms with van der Waals surface area (Å²) in [6.07, 6.45) is 6.88. The molecule has 2 fully saturated rings. The molecule has 0 aromatic heterocycles. The van der Waals surface area contributed by atoms with Gasteiger partial charge in [0.15, 0.2) is 0 Å². The van der Waals surface area contributed by atoms with E-state index in [1.54, 1.807) is 0 Å². The van der Waals surface area contributed by atoms with Crippen molar-refractivity contribution in [1.82, 2.24) is 10.2 Å². The molecule has 0 aromatic carbocycles. The lowest BCUT2D eigenvalue weighted by Gasteiger charge is -2.35. The first kappa shape index (κ1) is 15.3. The molecule has 1 saturated carbocycles. The van der Waals surface area contributed by atoms with Crippen LogP contribution in [0.2, 0.25) is 0 Å². The lowest BCUT2D eigenvalue weighted by Crippen LogP contribution is -2.44. The summed E-state index contributed by atoms with van der Waals surface area (Å²) in [7, 11) is 0. The summed E-state index contributed by atoms with van der Waals surface area (Å²) in [4.78, 5) is 2.65. The predicted molar refractivity (Wildman–Crippen MR) is 80.5 cm³/mol. The van der Waals surface area contributed by atoms with Crippen LogP contribution in [0.4, 0.5) is 0 Å². The van der Waals surface area contributed by atoms with E-state index in [2.05, 4.69) is 24.1 Å². The van der Waals surface area contributed by atoms with E-state index in [0.29, 0.717) is 5.41 Å². The van der Waals surface area contributed by atoms with E-state index >= 15 is 0 Å². The van der Waals surface area contributed by atoms with Crippen LogP contribution in [-0.2, 0) is 4.74 Å². The fourth-order valence-electron chi connectivity index (χ4n) is 3.57. The molecule has 0 atom stereocenters. The van der Waals surface area contributed by atoms with Gasteiger partial charge in [0.05, 0.1) is 6.61 Å². The van der Waals surface area contributed by atoms with Crippen molar-refractivity contribution in [3.05, 3.63) is 0 Å². The molecule has 2 aliphatic rings. The van der Waals surface area contributed by atoms with Gasteiger partial charge in [-0.1, -0.05) is 26.7 Å². The van der Waals surface area contributed by atoms with E-state index < -0.39 is 0 Å². The summed E-state index contributed by atoms with van der Waals surface area (Å²) < 4.78 is 5.58. The highest BCUT2D eigenvalue weighted by Gasteiger charge is 2.35. The SMILES string of the molecule is CC(C)CNCC1(CN2CCCOCC2)CCCC1. The topological polar surface area (TPSA) is 24.5 Å². The number of nitrogens with zero attached hydrogens (tertiary/aromatic N) is 1. The smallest absolute Gasteiger partial charge is 0.0593 e. The standard InChI is InChI=1S/C16H32N2O/c1-15(2)12-17-13-16(6-3-4-7-16)14-18-8-5-10-19-11-9-18/h15,17H,3-14H2,1-2H3. The van der Waals surface area contributed by atoms with Crippen LogP contribution >= 0.6 is 0 Å². The van der Waals surface area contributed by atoms with Crippen LogP contribution in [0.15, 0.2) is 0 Å². The van der Waals surface area contributed by atoms with Gasteiger partial charge in [0, 0.05) is 32.8 Å². The zero-order valence-electron chi connectivity index (χ0n) is 12.9. The fourth-order valence-corrected chi connectivity index (χ4v) is 3.57. The maximum absolute atomic E-state index is 5.58. The van der Waals surface area contributed by atoms with Gasteiger partial charge in [-0.3, -0.25) is 0 Å². The molecule has 0 aromatic rings. The van der Waals surface area contributed by atoms with Crippen LogP contribution < -0.4 is 5.32 Å². The zero-order valence-corrected chi connectivity index (χ0v) is 12.9. The number of ether oxygens (including phenoxy) is 1. The van der Waals surface area contributed by atoms with Crippen molar-refractivity contribution in [1.29, 1.82) is 0 Å². The Morgan fingerprint density at radius 2 is 1.89 bits per heavy atom. The number of rotatable bonds is 6. The van der Waals surface area contributed by atoms with E-state index in [0.717, 1.165) is 32.2 Å². The first-order valence-corrected chi connectivity index (χ1v) is 8.21. The van der Waals surface area contributed by atoms with Gasteiger partial charge in [0.2, 0.25) is 0 Å². The van der Waals surface area contributed by atoms with Gasteiger partial charge in [-0.25, -0.2) is 0 Å². The van der Waals surface area contributed by atoms with Gasteiger partial charge in [0.1, 0.15) is 0 Å². The van der Waals surface area contributed by atoms with E-state index in [1.807, 2.05) is 0 Å². The summed E-state index contributed by atoms with van der Waals surface area (Å²) in [5.41, 5.74) is 0.541. The van der Waals surface area contributed by atoms with Gasteiger partial charge in [-0.05, 0) is 37.1 Å². The van der Waals surface area contributed by atoms with Crippen LogP contribution in [0.25, 0.3) is 0 Å². The summed E-state index contributed by atoms with van der Waals surface area (Å²) in [6.45, 7) is 12.5. The molecule has 3 nitrogen and oxygen atoms in total. The van der Waals surface area contributed by atoms with Crippen LogP contribution in [-0.4, -0.2) is 50.8 Å². The van der Waals surface area contributed by atoms with Crippen molar-refractivity contribution in [3.8, 4) is 0 Å². The molecular weight excluding hydrogens is 236 g/mol. The lowest BCUT2D eigenvalue weighted by molar-refractivity contribution is 0.121. The van der Waals surface area contributed by atoms with E-state index in [4.69, 9.17) is 4.74 Å². The number of hydrogen-bond acceptors (Lipinski definition) is 3. The minimum absolute atomic E-state index is 0.541. The molecule has 3 heteroatoms. The lowest BCUT2D eigenvalue weighted by atomic mass is 9.85. The third kappa shape index (κ3) is 5.05.